The minimum atomic E-state index is 0.0351. The summed E-state index contributed by atoms with van der Waals surface area (Å²) in [6, 6.07) is 10.5. The van der Waals surface area contributed by atoms with E-state index in [2.05, 4.69) is 56.0 Å². The summed E-state index contributed by atoms with van der Waals surface area (Å²) in [7, 11) is 1.76. The van der Waals surface area contributed by atoms with Gasteiger partial charge in [0.25, 0.3) is 0 Å². The first kappa shape index (κ1) is 24.1. The number of methoxy groups -OCH3 is 1. The summed E-state index contributed by atoms with van der Waals surface area (Å²) in [6.07, 6.45) is 13.6. The summed E-state index contributed by atoms with van der Waals surface area (Å²) in [5.74, 6) is 0. The Morgan fingerprint density at radius 1 is 0.778 bits per heavy atom. The van der Waals surface area contributed by atoms with E-state index in [0.29, 0.717) is 0 Å². The van der Waals surface area contributed by atoms with Crippen molar-refractivity contribution in [3.8, 4) is 0 Å². The molecule has 1 aromatic carbocycles. The van der Waals surface area contributed by atoms with Crippen molar-refractivity contribution >= 4 is 0 Å². The molecule has 0 aliphatic heterocycles. The molecule has 0 aliphatic rings. The molecule has 3 heteroatoms. The van der Waals surface area contributed by atoms with Crippen LogP contribution in [0.1, 0.15) is 90.5 Å². The molecule has 0 amide bonds. The lowest BCUT2D eigenvalue weighted by molar-refractivity contribution is -0.134. The average molecular weight is 378 g/mol. The van der Waals surface area contributed by atoms with Crippen molar-refractivity contribution in [1.82, 2.24) is 4.90 Å². The lowest BCUT2D eigenvalue weighted by Crippen LogP contribution is -2.42. The van der Waals surface area contributed by atoms with E-state index in [9.17, 15) is 0 Å². The van der Waals surface area contributed by atoms with Crippen molar-refractivity contribution < 1.29 is 9.47 Å². The van der Waals surface area contributed by atoms with Gasteiger partial charge in [0.1, 0.15) is 12.5 Å². The summed E-state index contributed by atoms with van der Waals surface area (Å²) >= 11 is 0. The van der Waals surface area contributed by atoms with Crippen LogP contribution >= 0.6 is 0 Å². The molecule has 0 heterocycles. The zero-order valence-corrected chi connectivity index (χ0v) is 18.3. The molecule has 0 saturated heterocycles. The smallest absolute Gasteiger partial charge is 0.110 e. The first-order valence-electron chi connectivity index (χ1n) is 11.1. The average Bonchev–Trinajstić information content (AvgIpc) is 2.70. The van der Waals surface area contributed by atoms with E-state index in [-0.39, 0.29) is 12.5 Å². The number of nitrogens with zero attached hydrogens (tertiary/aromatic N) is 1. The Labute approximate surface area is 168 Å². The first-order valence-corrected chi connectivity index (χ1v) is 11.1. The van der Waals surface area contributed by atoms with Crippen LogP contribution in [0.5, 0.6) is 0 Å². The fraction of sp³-hybridized carbons (Fsp3) is 0.750. The standard InChI is InChI=1S/C24H43NO2/c1-5-6-7-8-9-10-11-12-13-17-20-27-23(3)25(22(2)26-4)21-24-18-15-14-16-19-24/h14-16,18-19,22-23H,5-13,17,20-21H2,1-4H3. The molecule has 0 bridgehead atoms. The van der Waals surface area contributed by atoms with Gasteiger partial charge in [-0.25, -0.2) is 4.90 Å². The predicted molar refractivity (Wildman–Crippen MR) is 116 cm³/mol. The largest absolute Gasteiger partial charge is 0.367 e. The minimum absolute atomic E-state index is 0.0351. The number of benzene rings is 1. The highest BCUT2D eigenvalue weighted by atomic mass is 16.5. The van der Waals surface area contributed by atoms with Gasteiger partial charge in [0.05, 0.1) is 0 Å². The van der Waals surface area contributed by atoms with Crippen LogP contribution in [0.4, 0.5) is 0 Å². The van der Waals surface area contributed by atoms with Gasteiger partial charge >= 0.3 is 0 Å². The molecular formula is C24H43NO2. The van der Waals surface area contributed by atoms with E-state index in [1.54, 1.807) is 7.11 Å². The van der Waals surface area contributed by atoms with Crippen LogP contribution in [0.25, 0.3) is 0 Å². The van der Waals surface area contributed by atoms with Gasteiger partial charge in [-0.05, 0) is 25.8 Å². The molecule has 156 valence electrons. The second kappa shape index (κ2) is 16.1. The topological polar surface area (TPSA) is 21.7 Å². The van der Waals surface area contributed by atoms with Gasteiger partial charge in [-0.15, -0.1) is 0 Å². The van der Waals surface area contributed by atoms with Crippen molar-refractivity contribution in [1.29, 1.82) is 0 Å². The SMILES string of the molecule is CCCCCCCCCCCCOC(C)N(Cc1ccccc1)C(C)OC. The van der Waals surface area contributed by atoms with Crippen LogP contribution in [0, 0.1) is 0 Å². The van der Waals surface area contributed by atoms with E-state index in [0.717, 1.165) is 19.6 Å². The molecule has 3 nitrogen and oxygen atoms in total. The summed E-state index contributed by atoms with van der Waals surface area (Å²) in [5, 5.41) is 0. The van der Waals surface area contributed by atoms with Crippen molar-refractivity contribution in [2.24, 2.45) is 0 Å². The van der Waals surface area contributed by atoms with Gasteiger partial charge < -0.3 is 9.47 Å². The fourth-order valence-corrected chi connectivity index (χ4v) is 3.42. The lowest BCUT2D eigenvalue weighted by Gasteiger charge is -2.33. The van der Waals surface area contributed by atoms with Gasteiger partial charge in [-0.3, -0.25) is 0 Å². The summed E-state index contributed by atoms with van der Waals surface area (Å²) in [4.78, 5) is 2.27. The number of rotatable bonds is 17. The van der Waals surface area contributed by atoms with Crippen LogP contribution in [-0.4, -0.2) is 31.1 Å². The van der Waals surface area contributed by atoms with Crippen molar-refractivity contribution in [2.45, 2.75) is 104 Å². The molecule has 1 rings (SSSR count). The minimum Gasteiger partial charge on any atom is -0.367 e. The number of ether oxygens (including phenoxy) is 2. The van der Waals surface area contributed by atoms with E-state index in [1.165, 1.54) is 63.4 Å². The summed E-state index contributed by atoms with van der Waals surface area (Å²) in [5.41, 5.74) is 1.29. The quantitative estimate of drug-likeness (QED) is 0.221. The van der Waals surface area contributed by atoms with Crippen molar-refractivity contribution in [3.63, 3.8) is 0 Å². The summed E-state index contributed by atoms with van der Waals surface area (Å²) < 4.78 is 11.7. The van der Waals surface area contributed by atoms with Crippen LogP contribution in [0.2, 0.25) is 0 Å². The Bertz CT molecular complexity index is 437. The Morgan fingerprint density at radius 3 is 1.89 bits per heavy atom. The molecule has 2 atom stereocenters. The molecule has 0 aliphatic carbocycles. The second-order valence-electron chi connectivity index (χ2n) is 7.65. The lowest BCUT2D eigenvalue weighted by atomic mass is 10.1. The molecule has 0 saturated carbocycles. The van der Waals surface area contributed by atoms with E-state index in [1.807, 2.05) is 0 Å². The Morgan fingerprint density at radius 2 is 1.33 bits per heavy atom. The first-order chi connectivity index (χ1) is 13.2. The molecule has 27 heavy (non-hydrogen) atoms. The second-order valence-corrected chi connectivity index (χ2v) is 7.65. The zero-order valence-electron chi connectivity index (χ0n) is 18.3. The third-order valence-electron chi connectivity index (χ3n) is 5.34. The third kappa shape index (κ3) is 11.5. The molecule has 2 unspecified atom stereocenters. The molecule has 1 aromatic rings. The van der Waals surface area contributed by atoms with Crippen molar-refractivity contribution in [3.05, 3.63) is 35.9 Å². The van der Waals surface area contributed by atoms with Gasteiger partial charge in [0.15, 0.2) is 0 Å². The molecular weight excluding hydrogens is 334 g/mol. The Balaban J connectivity index is 2.16. The number of unbranched alkanes of at least 4 members (excludes halogenated alkanes) is 9. The van der Waals surface area contributed by atoms with E-state index < -0.39 is 0 Å². The maximum absolute atomic E-state index is 6.12. The number of hydrogen-bond acceptors (Lipinski definition) is 3. The maximum atomic E-state index is 6.12. The van der Waals surface area contributed by atoms with Gasteiger partial charge in [0.2, 0.25) is 0 Å². The van der Waals surface area contributed by atoms with E-state index >= 15 is 0 Å². The van der Waals surface area contributed by atoms with Gasteiger partial charge in [-0.2, -0.15) is 0 Å². The molecule has 0 fully saturated rings. The molecule has 0 N–H and O–H groups in total. The highest BCUT2D eigenvalue weighted by molar-refractivity contribution is 5.14. The van der Waals surface area contributed by atoms with Crippen molar-refractivity contribution in [2.75, 3.05) is 13.7 Å². The zero-order chi connectivity index (χ0) is 19.7. The summed E-state index contributed by atoms with van der Waals surface area (Å²) in [6.45, 7) is 8.17. The molecule has 0 spiro atoms. The molecule has 0 aromatic heterocycles. The fourth-order valence-electron chi connectivity index (χ4n) is 3.42. The maximum Gasteiger partial charge on any atom is 0.110 e. The third-order valence-corrected chi connectivity index (χ3v) is 5.34. The van der Waals surface area contributed by atoms with Crippen LogP contribution in [0.3, 0.4) is 0 Å². The normalized spacial score (nSPS) is 13.8. The highest BCUT2D eigenvalue weighted by Crippen LogP contribution is 2.15. The van der Waals surface area contributed by atoms with Gasteiger partial charge in [0, 0.05) is 20.3 Å². The Hall–Kier alpha value is -0.900. The van der Waals surface area contributed by atoms with Crippen LogP contribution in [-0.2, 0) is 16.0 Å². The highest BCUT2D eigenvalue weighted by Gasteiger charge is 2.20. The van der Waals surface area contributed by atoms with E-state index in [4.69, 9.17) is 9.47 Å². The van der Waals surface area contributed by atoms with Crippen LogP contribution in [0.15, 0.2) is 30.3 Å². The number of hydrogen-bond donors (Lipinski definition) is 0. The van der Waals surface area contributed by atoms with Crippen LogP contribution < -0.4 is 0 Å². The Kier molecular flexibility index (Phi) is 14.4. The monoisotopic (exact) mass is 377 g/mol. The predicted octanol–water partition coefficient (Wildman–Crippen LogP) is 6.76. The van der Waals surface area contributed by atoms with Gasteiger partial charge in [-0.1, -0.05) is 95.0 Å². The molecule has 0 radical (unpaired) electrons.